The minimum absolute atomic E-state index is 0.0209. The average molecular weight is 310 g/mol. The molecule has 0 radical (unpaired) electrons. The second kappa shape index (κ2) is 9.96. The minimum atomic E-state index is -0.750. The zero-order valence-electron chi connectivity index (χ0n) is 14.0. The molecular formula is C16H26N2O4. The maximum absolute atomic E-state index is 11.1. The van der Waals surface area contributed by atoms with Crippen LogP contribution in [0.4, 0.5) is 0 Å². The number of likely N-dealkylation sites (tertiary alicyclic amines) is 1. The summed E-state index contributed by atoms with van der Waals surface area (Å²) in [6.45, 7) is 6.64. The number of aliphatic carboxylic acids is 1. The SMILES string of the molecule is CC#CC(=O)N1CCC(C=O)C1.CC(C)C(C(=O)O)N(C)C. The van der Waals surface area contributed by atoms with Crippen molar-refractivity contribution in [1.82, 2.24) is 9.80 Å². The second-order valence-electron chi connectivity index (χ2n) is 5.80. The fourth-order valence-electron chi connectivity index (χ4n) is 2.37. The maximum atomic E-state index is 11.1. The third kappa shape index (κ3) is 6.72. The molecule has 0 aliphatic carbocycles. The Bertz CT molecular complexity index is 441. The van der Waals surface area contributed by atoms with E-state index in [4.69, 9.17) is 5.11 Å². The van der Waals surface area contributed by atoms with E-state index in [9.17, 15) is 14.4 Å². The monoisotopic (exact) mass is 310 g/mol. The van der Waals surface area contributed by atoms with Gasteiger partial charge in [0.1, 0.15) is 12.3 Å². The second-order valence-corrected chi connectivity index (χ2v) is 5.80. The van der Waals surface area contributed by atoms with Crippen LogP contribution >= 0.6 is 0 Å². The molecule has 0 saturated carbocycles. The van der Waals surface area contributed by atoms with E-state index in [2.05, 4.69) is 11.8 Å². The van der Waals surface area contributed by atoms with Crippen LogP contribution < -0.4 is 0 Å². The predicted octanol–water partition coefficient (Wildman–Crippen LogP) is 0.714. The summed E-state index contributed by atoms with van der Waals surface area (Å²) in [5, 5.41) is 8.67. The number of rotatable bonds is 4. The van der Waals surface area contributed by atoms with Crippen molar-refractivity contribution in [3.63, 3.8) is 0 Å². The molecular weight excluding hydrogens is 284 g/mol. The number of carboxylic acids is 1. The van der Waals surface area contributed by atoms with E-state index in [-0.39, 0.29) is 23.8 Å². The molecule has 1 N–H and O–H groups in total. The lowest BCUT2D eigenvalue weighted by molar-refractivity contribution is -0.143. The van der Waals surface area contributed by atoms with Crippen LogP contribution in [0.5, 0.6) is 0 Å². The van der Waals surface area contributed by atoms with Crippen LogP contribution in [-0.4, -0.2) is 66.3 Å². The molecule has 0 bridgehead atoms. The molecule has 1 rings (SSSR count). The first-order chi connectivity index (χ1) is 10.2. The summed E-state index contributed by atoms with van der Waals surface area (Å²) in [7, 11) is 3.55. The van der Waals surface area contributed by atoms with Gasteiger partial charge in [0.15, 0.2) is 0 Å². The van der Waals surface area contributed by atoms with Crippen molar-refractivity contribution < 1.29 is 19.5 Å². The zero-order valence-corrected chi connectivity index (χ0v) is 14.0. The summed E-state index contributed by atoms with van der Waals surface area (Å²) in [6.07, 6.45) is 1.69. The van der Waals surface area contributed by atoms with Gasteiger partial charge in [-0.25, -0.2) is 0 Å². The van der Waals surface area contributed by atoms with Gasteiger partial charge in [0.05, 0.1) is 0 Å². The Morgan fingerprint density at radius 2 is 1.95 bits per heavy atom. The first-order valence-electron chi connectivity index (χ1n) is 7.30. The highest BCUT2D eigenvalue weighted by Gasteiger charge is 2.24. The van der Waals surface area contributed by atoms with Crippen LogP contribution in [0.3, 0.4) is 0 Å². The van der Waals surface area contributed by atoms with Gasteiger partial charge in [-0.15, -0.1) is 0 Å². The molecule has 6 nitrogen and oxygen atoms in total. The van der Waals surface area contributed by atoms with Crippen molar-refractivity contribution in [2.45, 2.75) is 33.2 Å². The number of aldehydes is 1. The van der Waals surface area contributed by atoms with Crippen molar-refractivity contribution in [2.24, 2.45) is 11.8 Å². The third-order valence-corrected chi connectivity index (χ3v) is 3.38. The van der Waals surface area contributed by atoms with Crippen molar-refractivity contribution in [3.8, 4) is 11.8 Å². The summed E-state index contributed by atoms with van der Waals surface area (Å²) in [5.74, 6) is 4.27. The fraction of sp³-hybridized carbons (Fsp3) is 0.688. The molecule has 1 aliphatic rings. The van der Waals surface area contributed by atoms with Gasteiger partial charge in [-0.1, -0.05) is 19.8 Å². The van der Waals surface area contributed by atoms with Gasteiger partial charge in [-0.05, 0) is 39.3 Å². The Labute approximate surface area is 132 Å². The van der Waals surface area contributed by atoms with E-state index >= 15 is 0 Å². The fourth-order valence-corrected chi connectivity index (χ4v) is 2.37. The van der Waals surface area contributed by atoms with E-state index in [1.165, 1.54) is 0 Å². The van der Waals surface area contributed by atoms with Crippen LogP contribution in [0, 0.1) is 23.7 Å². The lowest BCUT2D eigenvalue weighted by Gasteiger charge is -2.22. The molecule has 0 aromatic heterocycles. The van der Waals surface area contributed by atoms with Crippen LogP contribution in [0.15, 0.2) is 0 Å². The Hall–Kier alpha value is -1.87. The number of carbonyl (C=O) groups excluding carboxylic acids is 2. The third-order valence-electron chi connectivity index (χ3n) is 3.38. The normalized spacial score (nSPS) is 18.1. The van der Waals surface area contributed by atoms with Gasteiger partial charge in [0, 0.05) is 19.0 Å². The first kappa shape index (κ1) is 20.1. The zero-order chi connectivity index (χ0) is 17.3. The molecule has 6 heteroatoms. The largest absolute Gasteiger partial charge is 0.480 e. The number of amides is 1. The highest BCUT2D eigenvalue weighted by molar-refractivity contribution is 5.93. The summed E-state index contributed by atoms with van der Waals surface area (Å²) in [4.78, 5) is 35.4. The predicted molar refractivity (Wildman–Crippen MR) is 84.1 cm³/mol. The Morgan fingerprint density at radius 3 is 2.23 bits per heavy atom. The molecule has 1 heterocycles. The van der Waals surface area contributed by atoms with Crippen LogP contribution in [0.25, 0.3) is 0 Å². The van der Waals surface area contributed by atoms with Crippen molar-refractivity contribution in [3.05, 3.63) is 0 Å². The number of nitrogens with zero attached hydrogens (tertiary/aromatic N) is 2. The van der Waals surface area contributed by atoms with Crippen LogP contribution in [0.1, 0.15) is 27.2 Å². The molecule has 1 aliphatic heterocycles. The van der Waals surface area contributed by atoms with Crippen LogP contribution in [0.2, 0.25) is 0 Å². The molecule has 1 amide bonds. The van der Waals surface area contributed by atoms with Gasteiger partial charge in [0.2, 0.25) is 0 Å². The Kier molecular flexibility index (Phi) is 9.11. The standard InChI is InChI=1S/C9H11NO2.C7H15NO2/c1-2-3-9(12)10-5-4-8(6-10)7-11;1-5(2)6(7(9)10)8(3)4/h7-8H,4-6H2,1H3;5-6H,1-4H3,(H,9,10). The average Bonchev–Trinajstić information content (AvgIpc) is 2.87. The smallest absolute Gasteiger partial charge is 0.321 e. The van der Waals surface area contributed by atoms with E-state index in [1.807, 2.05) is 13.8 Å². The van der Waals surface area contributed by atoms with Gasteiger partial charge in [-0.3, -0.25) is 14.5 Å². The number of carboxylic acid groups (broad SMARTS) is 1. The van der Waals surface area contributed by atoms with Crippen LogP contribution in [-0.2, 0) is 14.4 Å². The summed E-state index contributed by atoms with van der Waals surface area (Å²) in [5.41, 5.74) is 0. The Morgan fingerprint density at radius 1 is 1.36 bits per heavy atom. The summed E-state index contributed by atoms with van der Waals surface area (Å²) >= 11 is 0. The summed E-state index contributed by atoms with van der Waals surface area (Å²) < 4.78 is 0. The molecule has 0 aromatic carbocycles. The van der Waals surface area contributed by atoms with E-state index in [0.29, 0.717) is 13.1 Å². The molecule has 0 spiro atoms. The maximum Gasteiger partial charge on any atom is 0.321 e. The molecule has 0 aromatic rings. The van der Waals surface area contributed by atoms with Crippen molar-refractivity contribution in [2.75, 3.05) is 27.2 Å². The molecule has 124 valence electrons. The van der Waals surface area contributed by atoms with Gasteiger partial charge >= 0.3 is 5.97 Å². The lowest BCUT2D eigenvalue weighted by atomic mass is 10.0. The number of hydrogen-bond acceptors (Lipinski definition) is 4. The number of hydrogen-bond donors (Lipinski definition) is 1. The molecule has 22 heavy (non-hydrogen) atoms. The summed E-state index contributed by atoms with van der Waals surface area (Å²) in [6, 6.07) is -0.361. The lowest BCUT2D eigenvalue weighted by Crippen LogP contribution is -2.39. The van der Waals surface area contributed by atoms with Gasteiger partial charge in [0.25, 0.3) is 5.91 Å². The van der Waals surface area contributed by atoms with Crippen molar-refractivity contribution >= 4 is 18.2 Å². The van der Waals surface area contributed by atoms with E-state index in [0.717, 1.165) is 12.7 Å². The quantitative estimate of drug-likeness (QED) is 0.611. The molecule has 1 saturated heterocycles. The number of carbonyl (C=O) groups is 3. The number of likely N-dealkylation sites (N-methyl/N-ethyl adjacent to an activating group) is 1. The topological polar surface area (TPSA) is 77.9 Å². The highest BCUT2D eigenvalue weighted by Crippen LogP contribution is 2.13. The molecule has 2 unspecified atom stereocenters. The molecule has 2 atom stereocenters. The first-order valence-corrected chi connectivity index (χ1v) is 7.30. The Balaban J connectivity index is 0.000000409. The van der Waals surface area contributed by atoms with Gasteiger partial charge in [-0.2, -0.15) is 0 Å². The van der Waals surface area contributed by atoms with Gasteiger partial charge < -0.3 is 14.8 Å². The minimum Gasteiger partial charge on any atom is -0.480 e. The molecule has 1 fully saturated rings. The van der Waals surface area contributed by atoms with Crippen molar-refractivity contribution in [1.29, 1.82) is 0 Å². The van der Waals surface area contributed by atoms with E-state index in [1.54, 1.807) is 30.8 Å². The van der Waals surface area contributed by atoms with E-state index < -0.39 is 5.97 Å². The highest BCUT2D eigenvalue weighted by atomic mass is 16.4.